The van der Waals surface area contributed by atoms with Crippen LogP contribution in [0.1, 0.15) is 17.5 Å². The number of carbonyl (C=O) groups excluding carboxylic acids is 3. The summed E-state index contributed by atoms with van der Waals surface area (Å²) >= 11 is 6.11. The summed E-state index contributed by atoms with van der Waals surface area (Å²) in [6, 6.07) is 15.9. The Labute approximate surface area is 218 Å². The molecule has 1 fully saturated rings. The molecule has 3 aromatic carbocycles. The summed E-state index contributed by atoms with van der Waals surface area (Å²) in [6.07, 6.45) is 0.0163. The fourth-order valence-electron chi connectivity index (χ4n) is 3.87. The molecule has 0 radical (unpaired) electrons. The van der Waals surface area contributed by atoms with Crippen LogP contribution in [-0.4, -0.2) is 30.9 Å². The van der Waals surface area contributed by atoms with Gasteiger partial charge in [-0.05, 0) is 79.6 Å². The number of rotatable bonds is 8. The van der Waals surface area contributed by atoms with Crippen molar-refractivity contribution in [2.45, 2.75) is 20.3 Å². The van der Waals surface area contributed by atoms with Gasteiger partial charge in [0.25, 0.3) is 5.91 Å². The minimum atomic E-state index is -0.614. The highest BCUT2D eigenvalue weighted by atomic mass is 35.5. The van der Waals surface area contributed by atoms with Crippen molar-refractivity contribution in [3.8, 4) is 5.75 Å². The van der Waals surface area contributed by atoms with E-state index in [1.807, 2.05) is 32.0 Å². The minimum absolute atomic E-state index is 0.0163. The number of amides is 3. The fraction of sp³-hybridized carbons (Fsp3) is 0.222. The lowest BCUT2D eigenvalue weighted by atomic mass is 10.1. The van der Waals surface area contributed by atoms with Crippen LogP contribution in [0.25, 0.3) is 0 Å². The van der Waals surface area contributed by atoms with E-state index in [0.717, 1.165) is 11.1 Å². The van der Waals surface area contributed by atoms with E-state index >= 15 is 0 Å². The Balaban J connectivity index is 1.34. The van der Waals surface area contributed by atoms with Gasteiger partial charge in [0, 0.05) is 29.4 Å². The number of benzene rings is 3. The Morgan fingerprint density at radius 3 is 2.54 bits per heavy atom. The molecule has 0 spiro atoms. The van der Waals surface area contributed by atoms with Crippen molar-refractivity contribution in [1.29, 1.82) is 0 Å². The molecular weight excluding hydrogens is 499 g/mol. The molecule has 3 aromatic rings. The predicted molar refractivity (Wildman–Crippen MR) is 140 cm³/mol. The second kappa shape index (κ2) is 11.3. The van der Waals surface area contributed by atoms with Gasteiger partial charge in [-0.25, -0.2) is 4.39 Å². The van der Waals surface area contributed by atoms with E-state index in [4.69, 9.17) is 16.3 Å². The number of nitrogens with zero attached hydrogens (tertiary/aromatic N) is 1. The second-order valence-electron chi connectivity index (χ2n) is 8.77. The van der Waals surface area contributed by atoms with Crippen molar-refractivity contribution in [2.75, 3.05) is 28.8 Å². The highest BCUT2D eigenvalue weighted by molar-refractivity contribution is 6.31. The van der Waals surface area contributed by atoms with Gasteiger partial charge in [0.05, 0.1) is 11.6 Å². The molecule has 0 aliphatic carbocycles. The van der Waals surface area contributed by atoms with Crippen molar-refractivity contribution in [3.05, 3.63) is 82.6 Å². The van der Waals surface area contributed by atoms with Gasteiger partial charge < -0.3 is 15.0 Å². The van der Waals surface area contributed by atoms with Crippen LogP contribution in [0.5, 0.6) is 5.75 Å². The van der Waals surface area contributed by atoms with Gasteiger partial charge in [0.15, 0.2) is 6.61 Å². The smallest absolute Gasteiger partial charge is 0.262 e. The summed E-state index contributed by atoms with van der Waals surface area (Å²) in [4.78, 5) is 39.0. The summed E-state index contributed by atoms with van der Waals surface area (Å²) in [5.74, 6) is -1.70. The zero-order valence-corrected chi connectivity index (χ0v) is 21.1. The average molecular weight is 525 g/mol. The number of anilines is 3. The number of hydrogen-bond donors (Lipinski definition) is 3. The molecule has 0 unspecified atom stereocenters. The third-order valence-electron chi connectivity index (χ3n) is 6.05. The Kier molecular flexibility index (Phi) is 7.93. The molecule has 0 aromatic heterocycles. The van der Waals surface area contributed by atoms with Crippen LogP contribution in [0.2, 0.25) is 5.02 Å². The van der Waals surface area contributed by atoms with Crippen molar-refractivity contribution in [1.82, 2.24) is 5.43 Å². The number of hydrazine groups is 1. The highest BCUT2D eigenvalue weighted by Crippen LogP contribution is 2.29. The summed E-state index contributed by atoms with van der Waals surface area (Å²) in [5, 5.41) is 3.18. The van der Waals surface area contributed by atoms with Crippen LogP contribution < -0.4 is 25.8 Å². The van der Waals surface area contributed by atoms with Crippen LogP contribution >= 0.6 is 11.6 Å². The van der Waals surface area contributed by atoms with Gasteiger partial charge in [-0.3, -0.25) is 25.2 Å². The maximum absolute atomic E-state index is 13.2. The summed E-state index contributed by atoms with van der Waals surface area (Å²) in [6.45, 7) is 3.85. The first-order valence-electron chi connectivity index (χ1n) is 11.6. The van der Waals surface area contributed by atoms with E-state index in [1.54, 1.807) is 18.2 Å². The molecule has 8 nitrogen and oxygen atoms in total. The summed E-state index contributed by atoms with van der Waals surface area (Å²) in [5.41, 5.74) is 9.08. The molecule has 3 amide bonds. The van der Waals surface area contributed by atoms with Gasteiger partial charge in [-0.2, -0.15) is 0 Å². The lowest BCUT2D eigenvalue weighted by Gasteiger charge is -2.18. The number of carbonyl (C=O) groups is 3. The molecule has 4 rings (SSSR count). The molecule has 1 aliphatic rings. The zero-order chi connectivity index (χ0) is 26.5. The molecule has 37 heavy (non-hydrogen) atoms. The number of halogens is 2. The van der Waals surface area contributed by atoms with Crippen molar-refractivity contribution in [3.63, 3.8) is 0 Å². The number of hydrogen-bond acceptors (Lipinski definition) is 5. The van der Waals surface area contributed by atoms with Gasteiger partial charge >= 0.3 is 0 Å². The van der Waals surface area contributed by atoms with Gasteiger partial charge in [0.1, 0.15) is 11.6 Å². The Hall–Kier alpha value is -4.11. The number of aryl methyl sites for hydroxylation is 2. The van der Waals surface area contributed by atoms with Crippen molar-refractivity contribution < 1.29 is 23.5 Å². The normalized spacial score (nSPS) is 14.9. The van der Waals surface area contributed by atoms with E-state index in [-0.39, 0.29) is 31.4 Å². The second-order valence-corrected chi connectivity index (χ2v) is 9.21. The van der Waals surface area contributed by atoms with E-state index < -0.39 is 17.6 Å². The molecule has 0 saturated carbocycles. The van der Waals surface area contributed by atoms with E-state index in [0.29, 0.717) is 27.8 Å². The zero-order valence-electron chi connectivity index (χ0n) is 20.3. The molecule has 1 aliphatic heterocycles. The molecular formula is C27H26ClFN4O4. The van der Waals surface area contributed by atoms with Crippen LogP contribution in [-0.2, 0) is 14.4 Å². The third-order valence-corrected chi connectivity index (χ3v) is 6.28. The van der Waals surface area contributed by atoms with Crippen molar-refractivity contribution >= 4 is 46.4 Å². The minimum Gasteiger partial charge on any atom is -0.482 e. The Bertz CT molecular complexity index is 1330. The van der Waals surface area contributed by atoms with Gasteiger partial charge in [0.2, 0.25) is 11.8 Å². The molecule has 10 heteroatoms. The molecule has 1 heterocycles. The largest absolute Gasteiger partial charge is 0.482 e. The summed E-state index contributed by atoms with van der Waals surface area (Å²) < 4.78 is 18.9. The molecule has 1 atom stereocenters. The first-order chi connectivity index (χ1) is 17.7. The third kappa shape index (κ3) is 6.56. The van der Waals surface area contributed by atoms with Crippen LogP contribution in [0.15, 0.2) is 60.7 Å². The highest BCUT2D eigenvalue weighted by Gasteiger charge is 2.35. The molecule has 1 saturated heterocycles. The quantitative estimate of drug-likeness (QED) is 0.374. The van der Waals surface area contributed by atoms with E-state index in [2.05, 4.69) is 16.2 Å². The van der Waals surface area contributed by atoms with Crippen LogP contribution in [0.4, 0.5) is 21.5 Å². The van der Waals surface area contributed by atoms with Gasteiger partial charge in [-0.15, -0.1) is 0 Å². The first kappa shape index (κ1) is 26.0. The Morgan fingerprint density at radius 1 is 1.05 bits per heavy atom. The van der Waals surface area contributed by atoms with Crippen LogP contribution in [0.3, 0.4) is 0 Å². The Morgan fingerprint density at radius 2 is 1.81 bits per heavy atom. The van der Waals surface area contributed by atoms with Gasteiger partial charge in [-0.1, -0.05) is 17.7 Å². The lowest BCUT2D eigenvalue weighted by molar-refractivity contribution is -0.125. The predicted octanol–water partition coefficient (Wildman–Crippen LogP) is 4.61. The standard InChI is InChI=1S/C27H26ClFN4O4/c1-16-3-7-21(11-17(16)2)30-25(34)15-37-24-10-4-19(28)13-23(24)31-32-27(36)18-12-26(35)33(14-18)22-8-5-20(29)6-9-22/h3-11,13,18,31H,12,14-15H2,1-2H3,(H,30,34)(H,32,36)/t18-/m1/s1. The maximum atomic E-state index is 13.2. The SMILES string of the molecule is Cc1ccc(NC(=O)COc2ccc(Cl)cc2NNC(=O)[C@@H]2CC(=O)N(c3ccc(F)cc3)C2)cc1C. The number of ether oxygens (including phenoxy) is 1. The molecule has 3 N–H and O–H groups in total. The van der Waals surface area contributed by atoms with Crippen molar-refractivity contribution in [2.24, 2.45) is 5.92 Å². The topological polar surface area (TPSA) is 99.8 Å². The average Bonchev–Trinajstić information content (AvgIpc) is 3.26. The van der Waals surface area contributed by atoms with E-state index in [9.17, 15) is 18.8 Å². The lowest BCUT2D eigenvalue weighted by Crippen LogP contribution is -2.36. The summed E-state index contributed by atoms with van der Waals surface area (Å²) in [7, 11) is 0. The molecule has 192 valence electrons. The van der Waals surface area contributed by atoms with E-state index in [1.165, 1.54) is 29.2 Å². The molecule has 0 bridgehead atoms. The fourth-order valence-corrected chi connectivity index (χ4v) is 4.04. The number of nitrogens with one attached hydrogen (secondary N) is 3. The maximum Gasteiger partial charge on any atom is 0.262 e. The van der Waals surface area contributed by atoms with Crippen LogP contribution in [0, 0.1) is 25.6 Å². The monoisotopic (exact) mass is 524 g/mol. The first-order valence-corrected chi connectivity index (χ1v) is 12.0.